The molecule has 168 valence electrons. The maximum atomic E-state index is 13.1. The van der Waals surface area contributed by atoms with Crippen molar-refractivity contribution in [2.24, 2.45) is 0 Å². The Morgan fingerprint density at radius 2 is 1.81 bits per heavy atom. The molecule has 2 aromatic carbocycles. The van der Waals surface area contributed by atoms with Gasteiger partial charge in [0.25, 0.3) is 0 Å². The number of amides is 1. The molecule has 1 heterocycles. The summed E-state index contributed by atoms with van der Waals surface area (Å²) in [7, 11) is -3.69. The lowest BCUT2D eigenvalue weighted by Gasteiger charge is -2.30. The van der Waals surface area contributed by atoms with Crippen LogP contribution < -0.4 is 9.62 Å². The van der Waals surface area contributed by atoms with Gasteiger partial charge >= 0.3 is 0 Å². The molecule has 6 nitrogen and oxygen atoms in total. The minimum atomic E-state index is -3.69. The monoisotopic (exact) mass is 463 g/mol. The van der Waals surface area contributed by atoms with Crippen LogP contribution in [0.2, 0.25) is 5.02 Å². The second-order valence-electron chi connectivity index (χ2n) is 7.93. The maximum absolute atomic E-state index is 13.1. The van der Waals surface area contributed by atoms with Gasteiger partial charge in [0.2, 0.25) is 15.9 Å². The lowest BCUT2D eigenvalue weighted by Crippen LogP contribution is -2.49. The third-order valence-electron chi connectivity index (χ3n) is 5.56. The Morgan fingerprint density at radius 1 is 1.13 bits per heavy atom. The number of carbonyl (C=O) groups is 1. The van der Waals surface area contributed by atoms with Gasteiger partial charge < -0.3 is 5.32 Å². The first-order valence-electron chi connectivity index (χ1n) is 10.6. The molecule has 1 fully saturated rings. The van der Waals surface area contributed by atoms with E-state index in [0.717, 1.165) is 35.8 Å². The summed E-state index contributed by atoms with van der Waals surface area (Å²) >= 11 is 6.07. The summed E-state index contributed by atoms with van der Waals surface area (Å²) in [5, 5.41) is 3.37. The fraction of sp³-hybridized carbons (Fsp3) is 0.435. The highest BCUT2D eigenvalue weighted by molar-refractivity contribution is 7.92. The van der Waals surface area contributed by atoms with Gasteiger partial charge in [0, 0.05) is 18.1 Å². The van der Waals surface area contributed by atoms with Crippen LogP contribution in [-0.2, 0) is 27.9 Å². The molecule has 31 heavy (non-hydrogen) atoms. The summed E-state index contributed by atoms with van der Waals surface area (Å²) in [5.74, 6) is -0.330. The number of nitrogens with zero attached hydrogens (tertiary/aromatic N) is 2. The molecule has 0 unspecified atom stereocenters. The molecule has 1 aliphatic rings. The third-order valence-corrected chi connectivity index (χ3v) is 6.97. The Hall–Kier alpha value is -2.09. The number of likely N-dealkylation sites (tertiary alicyclic amines) is 1. The predicted molar refractivity (Wildman–Crippen MR) is 126 cm³/mol. The van der Waals surface area contributed by atoms with E-state index in [4.69, 9.17) is 11.6 Å². The summed E-state index contributed by atoms with van der Waals surface area (Å²) in [5.41, 5.74) is 2.62. The normalized spacial score (nSPS) is 15.6. The molecule has 0 saturated carbocycles. The van der Waals surface area contributed by atoms with Crippen molar-refractivity contribution in [2.45, 2.75) is 45.3 Å². The number of nitrogens with one attached hydrogen (secondary N) is 1. The lowest BCUT2D eigenvalue weighted by molar-refractivity contribution is -0.122. The molecular weight excluding hydrogens is 434 g/mol. The fourth-order valence-electron chi connectivity index (χ4n) is 4.04. The van der Waals surface area contributed by atoms with Crippen molar-refractivity contribution in [3.8, 4) is 0 Å². The van der Waals surface area contributed by atoms with E-state index in [1.165, 1.54) is 18.4 Å². The summed E-state index contributed by atoms with van der Waals surface area (Å²) < 4.78 is 26.3. The lowest BCUT2D eigenvalue weighted by atomic mass is 10.1. The van der Waals surface area contributed by atoms with Crippen LogP contribution >= 0.6 is 11.6 Å². The van der Waals surface area contributed by atoms with Gasteiger partial charge in [-0.3, -0.25) is 14.0 Å². The zero-order valence-electron chi connectivity index (χ0n) is 18.1. The van der Waals surface area contributed by atoms with Crippen LogP contribution in [0.1, 0.15) is 37.3 Å². The largest absolute Gasteiger partial charge is 0.350 e. The molecule has 0 bridgehead atoms. The molecule has 2 aromatic rings. The van der Waals surface area contributed by atoms with Crippen molar-refractivity contribution in [1.82, 2.24) is 10.2 Å². The van der Waals surface area contributed by atoms with E-state index in [1.54, 1.807) is 31.2 Å². The zero-order valence-corrected chi connectivity index (χ0v) is 19.6. The predicted octanol–water partition coefficient (Wildman–Crippen LogP) is 3.80. The van der Waals surface area contributed by atoms with Gasteiger partial charge in [0.15, 0.2) is 0 Å². The Morgan fingerprint density at radius 3 is 2.42 bits per heavy atom. The van der Waals surface area contributed by atoms with Gasteiger partial charge in [-0.15, -0.1) is 0 Å². The molecule has 1 atom stereocenters. The van der Waals surface area contributed by atoms with Crippen LogP contribution in [0.25, 0.3) is 0 Å². The topological polar surface area (TPSA) is 69.7 Å². The maximum Gasteiger partial charge on any atom is 0.244 e. The minimum Gasteiger partial charge on any atom is -0.350 e. The van der Waals surface area contributed by atoms with Crippen LogP contribution in [0.15, 0.2) is 48.5 Å². The van der Waals surface area contributed by atoms with Crippen molar-refractivity contribution in [2.75, 3.05) is 23.7 Å². The molecule has 1 N–H and O–H groups in total. The highest BCUT2D eigenvalue weighted by atomic mass is 35.5. The number of hydrogen-bond donors (Lipinski definition) is 1. The van der Waals surface area contributed by atoms with Crippen molar-refractivity contribution < 1.29 is 13.2 Å². The Balaban J connectivity index is 1.76. The smallest absolute Gasteiger partial charge is 0.244 e. The number of sulfonamides is 1. The first-order valence-corrected chi connectivity index (χ1v) is 12.8. The van der Waals surface area contributed by atoms with Gasteiger partial charge in [-0.25, -0.2) is 8.42 Å². The van der Waals surface area contributed by atoms with Crippen molar-refractivity contribution in [3.63, 3.8) is 0 Å². The van der Waals surface area contributed by atoms with Gasteiger partial charge in [0.1, 0.15) is 6.04 Å². The van der Waals surface area contributed by atoms with Crippen molar-refractivity contribution >= 4 is 33.2 Å². The molecule has 1 amide bonds. The number of benzene rings is 2. The summed E-state index contributed by atoms with van der Waals surface area (Å²) in [6.07, 6.45) is 3.89. The highest BCUT2D eigenvalue weighted by Gasteiger charge is 2.31. The second-order valence-corrected chi connectivity index (χ2v) is 10.2. The number of carbonyl (C=O) groups excluding carboxylic acids is 1. The van der Waals surface area contributed by atoms with Crippen molar-refractivity contribution in [1.29, 1.82) is 0 Å². The van der Waals surface area contributed by atoms with Crippen LogP contribution in [0.5, 0.6) is 0 Å². The summed E-state index contributed by atoms with van der Waals surface area (Å²) in [6, 6.07) is 13.8. The quantitative estimate of drug-likeness (QED) is 0.614. The Kier molecular flexibility index (Phi) is 7.97. The van der Waals surface area contributed by atoms with Crippen LogP contribution in [0.4, 0.5) is 5.69 Å². The highest BCUT2D eigenvalue weighted by Crippen LogP contribution is 2.25. The first-order chi connectivity index (χ1) is 14.8. The Labute approximate surface area is 190 Å². The molecule has 0 aromatic heterocycles. The minimum absolute atomic E-state index is 0.330. The molecule has 0 radical (unpaired) electrons. The third kappa shape index (κ3) is 6.21. The fourth-order valence-corrected chi connectivity index (χ4v) is 5.43. The van der Waals surface area contributed by atoms with E-state index in [0.29, 0.717) is 23.7 Å². The van der Waals surface area contributed by atoms with E-state index in [9.17, 15) is 13.2 Å². The molecule has 8 heteroatoms. The van der Waals surface area contributed by atoms with E-state index in [2.05, 4.69) is 16.3 Å². The number of anilines is 1. The second kappa shape index (κ2) is 10.5. The van der Waals surface area contributed by atoms with E-state index < -0.39 is 16.1 Å². The zero-order chi connectivity index (χ0) is 22.4. The molecule has 1 saturated heterocycles. The number of rotatable bonds is 9. The molecule has 0 aliphatic carbocycles. The van der Waals surface area contributed by atoms with Crippen LogP contribution in [0.3, 0.4) is 0 Å². The molecule has 1 aliphatic heterocycles. The summed E-state index contributed by atoms with van der Waals surface area (Å²) in [6.45, 7) is 5.21. The van der Waals surface area contributed by atoms with Crippen LogP contribution in [0, 0.1) is 0 Å². The van der Waals surface area contributed by atoms with E-state index >= 15 is 0 Å². The van der Waals surface area contributed by atoms with Gasteiger partial charge in [-0.1, -0.05) is 48.9 Å². The van der Waals surface area contributed by atoms with Gasteiger partial charge in [-0.2, -0.15) is 0 Å². The average molecular weight is 464 g/mol. The average Bonchev–Trinajstić information content (AvgIpc) is 3.23. The number of halogens is 1. The number of hydrogen-bond acceptors (Lipinski definition) is 4. The van der Waals surface area contributed by atoms with Crippen molar-refractivity contribution in [3.05, 3.63) is 64.7 Å². The standard InChI is InChI=1S/C23H30ClN3O3S/c1-3-22(27(31(2,29)30)21-12-8-11-20(24)15-21)23(28)25-16-18-9-4-5-10-19(18)17-26-13-6-7-14-26/h4-5,8-12,15,22H,3,6-7,13-14,16-17H2,1-2H3,(H,25,28)/t22-/m1/s1. The molecular formula is C23H30ClN3O3S. The van der Waals surface area contributed by atoms with Gasteiger partial charge in [0.05, 0.1) is 11.9 Å². The SMILES string of the molecule is CC[C@H](C(=O)NCc1ccccc1CN1CCCC1)N(c1cccc(Cl)c1)S(C)(=O)=O. The van der Waals surface area contributed by atoms with E-state index in [-0.39, 0.29) is 5.91 Å². The Bertz CT molecular complexity index is 1010. The van der Waals surface area contributed by atoms with Crippen LogP contribution in [-0.4, -0.2) is 44.6 Å². The van der Waals surface area contributed by atoms with E-state index in [1.807, 2.05) is 18.2 Å². The summed E-state index contributed by atoms with van der Waals surface area (Å²) in [4.78, 5) is 15.5. The first kappa shape index (κ1) is 23.6. The molecule has 3 rings (SSSR count). The van der Waals surface area contributed by atoms with Gasteiger partial charge in [-0.05, 0) is 61.7 Å². The molecule has 0 spiro atoms.